The Morgan fingerprint density at radius 2 is 2.05 bits per heavy atom. The topological polar surface area (TPSA) is 79.6 Å². The van der Waals surface area contributed by atoms with Crippen LogP contribution in [0.25, 0.3) is 0 Å². The summed E-state index contributed by atoms with van der Waals surface area (Å²) < 4.78 is 29.8. The monoisotopic (exact) mass is 302 g/mol. The molecule has 0 spiro atoms. The SMILES string of the molecule is CC(C)(C)NC(=O)CCN(Cc1ccco1)S(C)(=O)=O. The highest BCUT2D eigenvalue weighted by Gasteiger charge is 2.20. The Labute approximate surface area is 120 Å². The minimum atomic E-state index is -3.39. The van der Waals surface area contributed by atoms with E-state index < -0.39 is 10.0 Å². The molecule has 0 aliphatic rings. The summed E-state index contributed by atoms with van der Waals surface area (Å²) in [6.07, 6.45) is 2.73. The number of nitrogens with zero attached hydrogens (tertiary/aromatic N) is 1. The van der Waals surface area contributed by atoms with Crippen molar-refractivity contribution in [1.82, 2.24) is 9.62 Å². The molecule has 0 aromatic carbocycles. The fraction of sp³-hybridized carbons (Fsp3) is 0.615. The van der Waals surface area contributed by atoms with Crippen molar-refractivity contribution in [2.45, 2.75) is 39.3 Å². The molecule has 0 fully saturated rings. The van der Waals surface area contributed by atoms with Crippen LogP contribution in [0.2, 0.25) is 0 Å². The Morgan fingerprint density at radius 3 is 2.50 bits per heavy atom. The van der Waals surface area contributed by atoms with Gasteiger partial charge in [-0.25, -0.2) is 8.42 Å². The Kier molecular flexibility index (Phi) is 5.35. The molecule has 1 aromatic rings. The molecule has 1 heterocycles. The van der Waals surface area contributed by atoms with Gasteiger partial charge in [-0.2, -0.15) is 4.31 Å². The molecule has 0 aliphatic heterocycles. The molecule has 20 heavy (non-hydrogen) atoms. The van der Waals surface area contributed by atoms with Crippen LogP contribution in [0.4, 0.5) is 0 Å². The van der Waals surface area contributed by atoms with Crippen molar-refractivity contribution < 1.29 is 17.6 Å². The van der Waals surface area contributed by atoms with E-state index in [-0.39, 0.29) is 31.0 Å². The van der Waals surface area contributed by atoms with Crippen molar-refractivity contribution in [3.05, 3.63) is 24.2 Å². The number of hydrogen-bond donors (Lipinski definition) is 1. The van der Waals surface area contributed by atoms with Crippen LogP contribution >= 0.6 is 0 Å². The first kappa shape index (κ1) is 16.7. The van der Waals surface area contributed by atoms with E-state index >= 15 is 0 Å². The van der Waals surface area contributed by atoms with Gasteiger partial charge in [0.2, 0.25) is 15.9 Å². The lowest BCUT2D eigenvalue weighted by Crippen LogP contribution is -2.42. The second kappa shape index (κ2) is 6.41. The third-order valence-electron chi connectivity index (χ3n) is 2.48. The fourth-order valence-corrected chi connectivity index (χ4v) is 2.43. The molecular formula is C13H22N2O4S. The van der Waals surface area contributed by atoms with Gasteiger partial charge in [-0.1, -0.05) is 0 Å². The van der Waals surface area contributed by atoms with Crippen LogP contribution in [-0.2, 0) is 21.4 Å². The average molecular weight is 302 g/mol. The quantitative estimate of drug-likeness (QED) is 0.860. The van der Waals surface area contributed by atoms with E-state index in [1.165, 1.54) is 10.6 Å². The molecule has 0 saturated heterocycles. The van der Waals surface area contributed by atoms with Crippen LogP contribution in [0.1, 0.15) is 33.0 Å². The lowest BCUT2D eigenvalue weighted by atomic mass is 10.1. The molecule has 0 atom stereocenters. The molecule has 1 rings (SSSR count). The Bertz CT molecular complexity index is 529. The molecule has 0 unspecified atom stereocenters. The van der Waals surface area contributed by atoms with E-state index in [2.05, 4.69) is 5.32 Å². The summed E-state index contributed by atoms with van der Waals surface area (Å²) in [5.41, 5.74) is -0.325. The molecule has 0 bridgehead atoms. The third kappa shape index (κ3) is 6.21. The van der Waals surface area contributed by atoms with Crippen LogP contribution in [0, 0.1) is 0 Å². The molecule has 1 N–H and O–H groups in total. The van der Waals surface area contributed by atoms with E-state index in [9.17, 15) is 13.2 Å². The number of carbonyl (C=O) groups excluding carboxylic acids is 1. The number of rotatable bonds is 6. The van der Waals surface area contributed by atoms with Gasteiger partial charge >= 0.3 is 0 Å². The molecule has 7 heteroatoms. The van der Waals surface area contributed by atoms with Crippen LogP contribution in [0.3, 0.4) is 0 Å². The van der Waals surface area contributed by atoms with E-state index in [1.807, 2.05) is 20.8 Å². The van der Waals surface area contributed by atoms with Crippen LogP contribution in [0.15, 0.2) is 22.8 Å². The smallest absolute Gasteiger partial charge is 0.221 e. The van der Waals surface area contributed by atoms with E-state index in [0.29, 0.717) is 5.76 Å². The summed E-state index contributed by atoms with van der Waals surface area (Å²) >= 11 is 0. The van der Waals surface area contributed by atoms with Gasteiger partial charge in [-0.05, 0) is 32.9 Å². The summed E-state index contributed by atoms with van der Waals surface area (Å²) in [5, 5.41) is 2.80. The van der Waals surface area contributed by atoms with Crippen molar-refractivity contribution in [3.8, 4) is 0 Å². The first-order valence-corrected chi connectivity index (χ1v) is 8.21. The Morgan fingerprint density at radius 1 is 1.40 bits per heavy atom. The number of furan rings is 1. The lowest BCUT2D eigenvalue weighted by molar-refractivity contribution is -0.122. The highest BCUT2D eigenvalue weighted by atomic mass is 32.2. The van der Waals surface area contributed by atoms with Crippen molar-refractivity contribution >= 4 is 15.9 Å². The first-order chi connectivity index (χ1) is 9.08. The summed E-state index contributed by atoms with van der Waals surface area (Å²) in [5.74, 6) is 0.372. The van der Waals surface area contributed by atoms with Gasteiger partial charge in [0, 0.05) is 18.5 Å². The van der Waals surface area contributed by atoms with Crippen molar-refractivity contribution in [3.63, 3.8) is 0 Å². The average Bonchev–Trinajstić information content (AvgIpc) is 2.72. The Hall–Kier alpha value is -1.34. The predicted molar refractivity (Wildman–Crippen MR) is 76.5 cm³/mol. The van der Waals surface area contributed by atoms with Crippen LogP contribution in [0.5, 0.6) is 0 Å². The van der Waals surface area contributed by atoms with Gasteiger partial charge in [-0.15, -0.1) is 0 Å². The minimum absolute atomic E-state index is 0.116. The summed E-state index contributed by atoms with van der Waals surface area (Å²) in [6, 6.07) is 3.40. The largest absolute Gasteiger partial charge is 0.468 e. The third-order valence-corrected chi connectivity index (χ3v) is 3.73. The van der Waals surface area contributed by atoms with E-state index in [0.717, 1.165) is 6.26 Å². The maximum atomic E-state index is 11.7. The van der Waals surface area contributed by atoms with E-state index in [1.54, 1.807) is 12.1 Å². The van der Waals surface area contributed by atoms with Crippen LogP contribution < -0.4 is 5.32 Å². The number of nitrogens with one attached hydrogen (secondary N) is 1. The molecule has 1 aromatic heterocycles. The first-order valence-electron chi connectivity index (χ1n) is 6.36. The molecule has 114 valence electrons. The second-order valence-corrected chi connectivity index (χ2v) is 7.71. The van der Waals surface area contributed by atoms with Gasteiger partial charge in [-0.3, -0.25) is 4.79 Å². The lowest BCUT2D eigenvalue weighted by Gasteiger charge is -2.22. The van der Waals surface area contributed by atoms with Gasteiger partial charge in [0.1, 0.15) is 5.76 Å². The summed E-state index contributed by atoms with van der Waals surface area (Å²) in [7, 11) is -3.39. The maximum absolute atomic E-state index is 11.7. The highest BCUT2D eigenvalue weighted by molar-refractivity contribution is 7.88. The van der Waals surface area contributed by atoms with Gasteiger partial charge in [0.05, 0.1) is 19.1 Å². The molecule has 1 amide bonds. The van der Waals surface area contributed by atoms with Crippen molar-refractivity contribution in [2.75, 3.05) is 12.8 Å². The zero-order valence-corrected chi connectivity index (χ0v) is 13.2. The number of hydrogen-bond acceptors (Lipinski definition) is 4. The maximum Gasteiger partial charge on any atom is 0.221 e. The number of carbonyl (C=O) groups is 1. The summed E-state index contributed by atoms with van der Waals surface area (Å²) in [4.78, 5) is 11.7. The Balaban J connectivity index is 2.61. The molecule has 0 radical (unpaired) electrons. The molecule has 6 nitrogen and oxygen atoms in total. The zero-order valence-electron chi connectivity index (χ0n) is 12.3. The predicted octanol–water partition coefficient (Wildman–Crippen LogP) is 1.35. The summed E-state index contributed by atoms with van der Waals surface area (Å²) in [6.45, 7) is 5.89. The number of amides is 1. The van der Waals surface area contributed by atoms with E-state index in [4.69, 9.17) is 4.42 Å². The normalized spacial score (nSPS) is 12.7. The fourth-order valence-electron chi connectivity index (χ4n) is 1.65. The minimum Gasteiger partial charge on any atom is -0.468 e. The standard InChI is InChI=1S/C13H22N2O4S/c1-13(2,3)14-12(16)7-8-15(20(4,17)18)10-11-6-5-9-19-11/h5-6,9H,7-8,10H2,1-4H3,(H,14,16). The van der Waals surface area contributed by atoms with Crippen molar-refractivity contribution in [2.24, 2.45) is 0 Å². The van der Waals surface area contributed by atoms with Crippen LogP contribution in [-0.4, -0.2) is 37.0 Å². The molecule has 0 aliphatic carbocycles. The second-order valence-electron chi connectivity index (χ2n) is 5.72. The van der Waals surface area contributed by atoms with Gasteiger partial charge in [0.25, 0.3) is 0 Å². The van der Waals surface area contributed by atoms with Gasteiger partial charge < -0.3 is 9.73 Å². The molecule has 0 saturated carbocycles. The number of sulfonamides is 1. The molecular weight excluding hydrogens is 280 g/mol. The van der Waals surface area contributed by atoms with Gasteiger partial charge in [0.15, 0.2) is 0 Å². The highest BCUT2D eigenvalue weighted by Crippen LogP contribution is 2.10. The zero-order chi connectivity index (χ0) is 15.4. The van der Waals surface area contributed by atoms with Crippen molar-refractivity contribution in [1.29, 1.82) is 0 Å².